The normalized spacial score (nSPS) is 16.6. The molecule has 1 atom stereocenters. The highest BCUT2D eigenvalue weighted by molar-refractivity contribution is 5.92. The predicted molar refractivity (Wildman–Crippen MR) is 76.8 cm³/mol. The molecular formula is C16H18N2O2. The molecule has 1 aliphatic heterocycles. The van der Waals surface area contributed by atoms with Crippen LogP contribution in [0.15, 0.2) is 36.5 Å². The molecule has 104 valence electrons. The van der Waals surface area contributed by atoms with Crippen LogP contribution in [-0.4, -0.2) is 16.6 Å². The molecule has 20 heavy (non-hydrogen) atoms. The molecule has 0 saturated heterocycles. The fourth-order valence-electron chi connectivity index (χ4n) is 2.56. The Morgan fingerprint density at radius 2 is 2.30 bits per heavy atom. The number of hydrogen-bond donors (Lipinski definition) is 1. The van der Waals surface area contributed by atoms with E-state index in [9.17, 15) is 4.79 Å². The largest absolute Gasteiger partial charge is 0.490 e. The van der Waals surface area contributed by atoms with Crippen molar-refractivity contribution in [3.8, 4) is 5.75 Å². The first-order chi connectivity index (χ1) is 9.63. The summed E-state index contributed by atoms with van der Waals surface area (Å²) in [6.45, 7) is 2.60. The summed E-state index contributed by atoms with van der Waals surface area (Å²) in [6.07, 6.45) is 3.05. The van der Waals surface area contributed by atoms with E-state index in [1.165, 1.54) is 5.56 Å². The van der Waals surface area contributed by atoms with E-state index < -0.39 is 0 Å². The Morgan fingerprint density at radius 3 is 3.05 bits per heavy atom. The molecule has 4 nitrogen and oxygen atoms in total. The molecule has 1 aliphatic rings. The Labute approximate surface area is 118 Å². The van der Waals surface area contributed by atoms with Crippen LogP contribution in [0.3, 0.4) is 0 Å². The number of carbonyl (C=O) groups is 1. The fraction of sp³-hybridized carbons (Fsp3) is 0.312. The minimum Gasteiger partial charge on any atom is -0.490 e. The van der Waals surface area contributed by atoms with Crippen LogP contribution in [0, 0.1) is 0 Å². The third-order valence-corrected chi connectivity index (χ3v) is 3.59. The summed E-state index contributed by atoms with van der Waals surface area (Å²) in [6, 6.07) is 9.78. The maximum Gasteiger partial charge on any atom is 0.268 e. The molecule has 4 heteroatoms. The lowest BCUT2D eigenvalue weighted by Gasteiger charge is -2.07. The summed E-state index contributed by atoms with van der Waals surface area (Å²) in [7, 11) is 1.86. The van der Waals surface area contributed by atoms with E-state index in [0.29, 0.717) is 12.2 Å². The molecule has 1 N–H and O–H groups in total. The van der Waals surface area contributed by atoms with Gasteiger partial charge in [-0.3, -0.25) is 4.79 Å². The van der Waals surface area contributed by atoms with E-state index in [4.69, 9.17) is 4.74 Å². The van der Waals surface area contributed by atoms with Gasteiger partial charge in [-0.2, -0.15) is 0 Å². The molecule has 1 amide bonds. The smallest absolute Gasteiger partial charge is 0.268 e. The maximum atomic E-state index is 12.0. The van der Waals surface area contributed by atoms with Crippen molar-refractivity contribution in [1.29, 1.82) is 0 Å². The molecule has 0 bridgehead atoms. The second-order valence-electron chi connectivity index (χ2n) is 5.26. The zero-order valence-electron chi connectivity index (χ0n) is 11.7. The van der Waals surface area contributed by atoms with Gasteiger partial charge in [-0.15, -0.1) is 0 Å². The predicted octanol–water partition coefficient (Wildman–Crippen LogP) is 2.28. The molecule has 1 unspecified atom stereocenters. The number of amides is 1. The lowest BCUT2D eigenvalue weighted by Crippen LogP contribution is -2.24. The van der Waals surface area contributed by atoms with Crippen molar-refractivity contribution in [2.75, 3.05) is 0 Å². The van der Waals surface area contributed by atoms with E-state index in [-0.39, 0.29) is 12.0 Å². The van der Waals surface area contributed by atoms with Crippen LogP contribution in [0.1, 0.15) is 28.5 Å². The van der Waals surface area contributed by atoms with Crippen LogP contribution in [0.2, 0.25) is 0 Å². The Morgan fingerprint density at radius 1 is 1.45 bits per heavy atom. The standard InChI is InChI=1S/C16H18N2O2/c1-11-8-13-9-12(5-6-15(13)20-11)10-17-16(19)14-4-3-7-18(14)2/h3-7,9,11H,8,10H2,1-2H3,(H,17,19). The van der Waals surface area contributed by atoms with Crippen molar-refractivity contribution >= 4 is 5.91 Å². The highest BCUT2D eigenvalue weighted by atomic mass is 16.5. The lowest BCUT2D eigenvalue weighted by atomic mass is 10.1. The van der Waals surface area contributed by atoms with E-state index in [1.54, 1.807) is 0 Å². The van der Waals surface area contributed by atoms with Crippen LogP contribution in [0.4, 0.5) is 0 Å². The molecule has 3 rings (SSSR count). The number of ether oxygens (including phenoxy) is 1. The molecule has 0 fully saturated rings. The number of fused-ring (bicyclic) bond motifs is 1. The number of aromatic nitrogens is 1. The topological polar surface area (TPSA) is 43.3 Å². The van der Waals surface area contributed by atoms with Crippen molar-refractivity contribution in [1.82, 2.24) is 9.88 Å². The summed E-state index contributed by atoms with van der Waals surface area (Å²) in [5.74, 6) is 0.914. The minimum absolute atomic E-state index is 0.0531. The monoisotopic (exact) mass is 270 g/mol. The van der Waals surface area contributed by atoms with Gasteiger partial charge in [0.2, 0.25) is 0 Å². The second-order valence-corrected chi connectivity index (χ2v) is 5.26. The zero-order chi connectivity index (χ0) is 14.1. The first-order valence-electron chi connectivity index (χ1n) is 6.81. The van der Waals surface area contributed by atoms with Crippen molar-refractivity contribution in [3.05, 3.63) is 53.3 Å². The van der Waals surface area contributed by atoms with Gasteiger partial charge in [0.25, 0.3) is 5.91 Å². The maximum absolute atomic E-state index is 12.0. The Hall–Kier alpha value is -2.23. The minimum atomic E-state index is -0.0531. The van der Waals surface area contributed by atoms with E-state index in [0.717, 1.165) is 17.7 Å². The van der Waals surface area contributed by atoms with Gasteiger partial charge in [-0.05, 0) is 36.2 Å². The van der Waals surface area contributed by atoms with Crippen molar-refractivity contribution in [2.24, 2.45) is 7.05 Å². The molecule has 1 aromatic carbocycles. The average molecular weight is 270 g/mol. The fourth-order valence-corrected chi connectivity index (χ4v) is 2.56. The van der Waals surface area contributed by atoms with Crippen LogP contribution in [-0.2, 0) is 20.0 Å². The van der Waals surface area contributed by atoms with Gasteiger partial charge in [0.15, 0.2) is 0 Å². The molecule has 0 spiro atoms. The molecule has 0 saturated carbocycles. The Kier molecular flexibility index (Phi) is 3.22. The lowest BCUT2D eigenvalue weighted by molar-refractivity contribution is 0.0943. The van der Waals surface area contributed by atoms with Gasteiger partial charge in [0, 0.05) is 26.2 Å². The van der Waals surface area contributed by atoms with Gasteiger partial charge in [0.1, 0.15) is 17.5 Å². The number of hydrogen-bond acceptors (Lipinski definition) is 2. The van der Waals surface area contributed by atoms with Crippen molar-refractivity contribution in [3.63, 3.8) is 0 Å². The van der Waals surface area contributed by atoms with Crippen molar-refractivity contribution in [2.45, 2.75) is 26.0 Å². The van der Waals surface area contributed by atoms with Gasteiger partial charge >= 0.3 is 0 Å². The Balaban J connectivity index is 1.66. The summed E-state index contributed by atoms with van der Waals surface area (Å²) in [5.41, 5.74) is 3.00. The van der Waals surface area contributed by atoms with Gasteiger partial charge in [-0.25, -0.2) is 0 Å². The quantitative estimate of drug-likeness (QED) is 0.930. The van der Waals surface area contributed by atoms with Gasteiger partial charge < -0.3 is 14.6 Å². The highest BCUT2D eigenvalue weighted by Gasteiger charge is 2.19. The van der Waals surface area contributed by atoms with Crippen LogP contribution in [0.5, 0.6) is 5.75 Å². The third-order valence-electron chi connectivity index (χ3n) is 3.59. The Bertz CT molecular complexity index is 646. The summed E-state index contributed by atoms with van der Waals surface area (Å²) < 4.78 is 7.48. The molecule has 0 aliphatic carbocycles. The van der Waals surface area contributed by atoms with Crippen LogP contribution in [0.25, 0.3) is 0 Å². The van der Waals surface area contributed by atoms with Crippen LogP contribution < -0.4 is 10.1 Å². The van der Waals surface area contributed by atoms with E-state index in [1.807, 2.05) is 42.1 Å². The SMILES string of the molecule is CC1Cc2cc(CNC(=O)c3cccn3C)ccc2O1. The summed E-state index contributed by atoms with van der Waals surface area (Å²) >= 11 is 0. The van der Waals surface area contributed by atoms with E-state index in [2.05, 4.69) is 18.3 Å². The third kappa shape index (κ3) is 2.41. The number of nitrogens with zero attached hydrogens (tertiary/aromatic N) is 1. The second kappa shape index (κ2) is 5.04. The first-order valence-corrected chi connectivity index (χ1v) is 6.81. The zero-order valence-corrected chi connectivity index (χ0v) is 11.7. The molecular weight excluding hydrogens is 252 g/mol. The van der Waals surface area contributed by atoms with Gasteiger partial charge in [0.05, 0.1) is 0 Å². The first kappa shape index (κ1) is 12.8. The molecule has 1 aromatic heterocycles. The molecule has 0 radical (unpaired) electrons. The van der Waals surface area contributed by atoms with Crippen molar-refractivity contribution < 1.29 is 9.53 Å². The number of aryl methyl sites for hydroxylation is 1. The highest BCUT2D eigenvalue weighted by Crippen LogP contribution is 2.29. The number of rotatable bonds is 3. The number of benzene rings is 1. The number of carbonyl (C=O) groups excluding carboxylic acids is 1. The average Bonchev–Trinajstić information content (AvgIpc) is 3.00. The molecule has 2 aromatic rings. The number of nitrogens with one attached hydrogen (secondary N) is 1. The summed E-state index contributed by atoms with van der Waals surface area (Å²) in [4.78, 5) is 12.0. The molecule has 2 heterocycles. The van der Waals surface area contributed by atoms with Crippen LogP contribution >= 0.6 is 0 Å². The van der Waals surface area contributed by atoms with Gasteiger partial charge in [-0.1, -0.05) is 12.1 Å². The van der Waals surface area contributed by atoms with E-state index >= 15 is 0 Å². The summed E-state index contributed by atoms with van der Waals surface area (Å²) in [5, 5.41) is 2.94.